The van der Waals surface area contributed by atoms with Gasteiger partial charge in [-0.05, 0) is 38.6 Å². The molecule has 1 saturated carbocycles. The number of piperidine rings is 1. The zero-order valence-corrected chi connectivity index (χ0v) is 12.2. The zero-order chi connectivity index (χ0) is 13.0. The van der Waals surface area contributed by atoms with Gasteiger partial charge in [0.1, 0.15) is 0 Å². The fraction of sp³-hybridized carbons (Fsp3) is 1.00. The Bertz CT molecular complexity index is 264. The maximum atomic E-state index is 6.21. The van der Waals surface area contributed by atoms with E-state index in [9.17, 15) is 0 Å². The summed E-state index contributed by atoms with van der Waals surface area (Å²) in [4.78, 5) is 0. The van der Waals surface area contributed by atoms with Crippen LogP contribution in [0.25, 0.3) is 0 Å². The van der Waals surface area contributed by atoms with E-state index in [0.717, 1.165) is 26.1 Å². The number of hydrogen-bond donors (Lipinski definition) is 1. The first-order valence-electron chi connectivity index (χ1n) is 8.35. The molecule has 0 radical (unpaired) electrons. The van der Waals surface area contributed by atoms with Crippen molar-refractivity contribution < 1.29 is 9.47 Å². The maximum Gasteiger partial charge on any atom is 0.0707 e. The standard InChI is InChI=1S/C16H29NO2/c1-3-8-16(9-4-1)12-15(7-11-19-16)18-13-14-6-2-5-10-17-14/h14-15,17H,1-13H2. The fourth-order valence-electron chi connectivity index (χ4n) is 3.99. The lowest BCUT2D eigenvalue weighted by atomic mass is 9.79. The predicted molar refractivity (Wildman–Crippen MR) is 76.4 cm³/mol. The average Bonchev–Trinajstić information content (AvgIpc) is 2.47. The van der Waals surface area contributed by atoms with Gasteiger partial charge in [0.15, 0.2) is 0 Å². The number of hydrogen-bond acceptors (Lipinski definition) is 3. The Hall–Kier alpha value is -0.120. The monoisotopic (exact) mass is 267 g/mol. The highest BCUT2D eigenvalue weighted by atomic mass is 16.5. The van der Waals surface area contributed by atoms with E-state index in [1.807, 2.05) is 0 Å². The lowest BCUT2D eigenvalue weighted by Crippen LogP contribution is -2.45. The molecule has 1 N–H and O–H groups in total. The molecular weight excluding hydrogens is 238 g/mol. The van der Waals surface area contributed by atoms with E-state index in [4.69, 9.17) is 9.47 Å². The molecule has 110 valence electrons. The summed E-state index contributed by atoms with van der Waals surface area (Å²) in [7, 11) is 0. The summed E-state index contributed by atoms with van der Waals surface area (Å²) in [6.45, 7) is 2.98. The van der Waals surface area contributed by atoms with Crippen molar-refractivity contribution in [2.75, 3.05) is 19.8 Å². The van der Waals surface area contributed by atoms with Crippen LogP contribution in [0.5, 0.6) is 0 Å². The van der Waals surface area contributed by atoms with Crippen LogP contribution in [0, 0.1) is 0 Å². The van der Waals surface area contributed by atoms with Gasteiger partial charge in [-0.3, -0.25) is 0 Å². The van der Waals surface area contributed by atoms with E-state index in [2.05, 4.69) is 5.32 Å². The maximum absolute atomic E-state index is 6.21. The minimum absolute atomic E-state index is 0.182. The van der Waals surface area contributed by atoms with Crippen LogP contribution in [0.4, 0.5) is 0 Å². The highest BCUT2D eigenvalue weighted by molar-refractivity contribution is 4.90. The van der Waals surface area contributed by atoms with E-state index < -0.39 is 0 Å². The first-order chi connectivity index (χ1) is 9.36. The van der Waals surface area contributed by atoms with Crippen molar-refractivity contribution in [2.45, 2.75) is 82.0 Å². The highest BCUT2D eigenvalue weighted by Crippen LogP contribution is 2.39. The molecule has 0 amide bonds. The summed E-state index contributed by atoms with van der Waals surface area (Å²) in [5, 5.41) is 3.57. The largest absolute Gasteiger partial charge is 0.376 e. The van der Waals surface area contributed by atoms with Gasteiger partial charge in [0.05, 0.1) is 18.3 Å². The molecule has 0 aromatic carbocycles. The second-order valence-electron chi connectivity index (χ2n) is 6.69. The first-order valence-corrected chi connectivity index (χ1v) is 8.35. The van der Waals surface area contributed by atoms with Gasteiger partial charge in [0, 0.05) is 19.1 Å². The Balaban J connectivity index is 1.45. The molecule has 1 spiro atoms. The van der Waals surface area contributed by atoms with Crippen LogP contribution < -0.4 is 5.32 Å². The normalized spacial score (nSPS) is 35.4. The van der Waals surface area contributed by atoms with Gasteiger partial charge in [-0.1, -0.05) is 25.7 Å². The van der Waals surface area contributed by atoms with Crippen molar-refractivity contribution >= 4 is 0 Å². The lowest BCUT2D eigenvalue weighted by molar-refractivity contribution is -0.150. The lowest BCUT2D eigenvalue weighted by Gasteiger charge is -2.43. The quantitative estimate of drug-likeness (QED) is 0.852. The van der Waals surface area contributed by atoms with E-state index in [1.165, 1.54) is 57.9 Å². The molecule has 3 aliphatic rings. The van der Waals surface area contributed by atoms with E-state index in [-0.39, 0.29) is 5.60 Å². The average molecular weight is 267 g/mol. The topological polar surface area (TPSA) is 30.5 Å². The van der Waals surface area contributed by atoms with Gasteiger partial charge in [0.25, 0.3) is 0 Å². The predicted octanol–water partition coefficient (Wildman–Crippen LogP) is 3.03. The highest BCUT2D eigenvalue weighted by Gasteiger charge is 2.38. The van der Waals surface area contributed by atoms with Crippen molar-refractivity contribution in [2.24, 2.45) is 0 Å². The van der Waals surface area contributed by atoms with E-state index in [1.54, 1.807) is 0 Å². The molecular formula is C16H29NO2. The third-order valence-corrected chi connectivity index (χ3v) is 5.16. The van der Waals surface area contributed by atoms with Gasteiger partial charge in [-0.15, -0.1) is 0 Å². The summed E-state index contributed by atoms with van der Waals surface area (Å²) in [6.07, 6.45) is 13.2. The summed E-state index contributed by atoms with van der Waals surface area (Å²) < 4.78 is 12.3. The Kier molecular flexibility index (Phi) is 4.78. The van der Waals surface area contributed by atoms with E-state index in [0.29, 0.717) is 12.1 Å². The van der Waals surface area contributed by atoms with E-state index >= 15 is 0 Å². The molecule has 2 unspecified atom stereocenters. The smallest absolute Gasteiger partial charge is 0.0707 e. The minimum atomic E-state index is 0.182. The van der Waals surface area contributed by atoms with Crippen LogP contribution in [0.15, 0.2) is 0 Å². The Labute approximate surface area is 117 Å². The minimum Gasteiger partial charge on any atom is -0.376 e. The molecule has 0 bridgehead atoms. The summed E-state index contributed by atoms with van der Waals surface area (Å²) in [5.41, 5.74) is 0.182. The molecule has 3 rings (SSSR count). The van der Waals surface area contributed by atoms with Crippen LogP contribution in [0.1, 0.15) is 64.2 Å². The van der Waals surface area contributed by atoms with Crippen molar-refractivity contribution in [3.05, 3.63) is 0 Å². The van der Waals surface area contributed by atoms with Crippen LogP contribution in [0.3, 0.4) is 0 Å². The molecule has 19 heavy (non-hydrogen) atoms. The molecule has 0 aromatic heterocycles. The van der Waals surface area contributed by atoms with Gasteiger partial charge >= 0.3 is 0 Å². The van der Waals surface area contributed by atoms with Gasteiger partial charge in [-0.2, -0.15) is 0 Å². The summed E-state index contributed by atoms with van der Waals surface area (Å²) in [6, 6.07) is 0.596. The van der Waals surface area contributed by atoms with Crippen molar-refractivity contribution in [3.63, 3.8) is 0 Å². The zero-order valence-electron chi connectivity index (χ0n) is 12.2. The van der Waals surface area contributed by atoms with Crippen LogP contribution in [-0.2, 0) is 9.47 Å². The van der Waals surface area contributed by atoms with Crippen LogP contribution >= 0.6 is 0 Å². The van der Waals surface area contributed by atoms with Crippen LogP contribution in [-0.4, -0.2) is 37.5 Å². The number of ether oxygens (including phenoxy) is 2. The molecule has 3 nitrogen and oxygen atoms in total. The summed E-state index contributed by atoms with van der Waals surface area (Å²) in [5.74, 6) is 0. The van der Waals surface area contributed by atoms with Gasteiger partial charge in [-0.25, -0.2) is 0 Å². The Morgan fingerprint density at radius 2 is 1.95 bits per heavy atom. The number of rotatable bonds is 3. The van der Waals surface area contributed by atoms with Crippen molar-refractivity contribution in [1.82, 2.24) is 5.32 Å². The molecule has 2 atom stereocenters. The molecule has 3 heteroatoms. The third-order valence-electron chi connectivity index (χ3n) is 5.16. The molecule has 3 fully saturated rings. The van der Waals surface area contributed by atoms with Crippen molar-refractivity contribution in [1.29, 1.82) is 0 Å². The third kappa shape index (κ3) is 3.71. The first kappa shape index (κ1) is 13.8. The molecule has 2 aliphatic heterocycles. The second kappa shape index (κ2) is 6.55. The van der Waals surface area contributed by atoms with Crippen LogP contribution in [0.2, 0.25) is 0 Å². The second-order valence-corrected chi connectivity index (χ2v) is 6.69. The van der Waals surface area contributed by atoms with Gasteiger partial charge < -0.3 is 14.8 Å². The molecule has 2 heterocycles. The SMILES string of the molecule is C1CCC2(CC1)CC(OCC1CCCCN1)CCO2. The summed E-state index contributed by atoms with van der Waals surface area (Å²) >= 11 is 0. The van der Waals surface area contributed by atoms with Gasteiger partial charge in [0.2, 0.25) is 0 Å². The number of nitrogens with one attached hydrogen (secondary N) is 1. The Morgan fingerprint density at radius 1 is 1.05 bits per heavy atom. The fourth-order valence-corrected chi connectivity index (χ4v) is 3.99. The Morgan fingerprint density at radius 3 is 2.74 bits per heavy atom. The molecule has 0 aromatic rings. The van der Waals surface area contributed by atoms with Crippen molar-refractivity contribution in [3.8, 4) is 0 Å². The molecule has 1 aliphatic carbocycles. The molecule has 2 saturated heterocycles.